The van der Waals surface area contributed by atoms with Gasteiger partial charge in [0.25, 0.3) is 5.91 Å². The fraction of sp³-hybridized carbons (Fsp3) is 0.450. The quantitative estimate of drug-likeness (QED) is 0.742. The Bertz CT molecular complexity index is 776. The number of nitrogens with one attached hydrogen (secondary N) is 2. The van der Waals surface area contributed by atoms with Crippen LogP contribution in [0.1, 0.15) is 34.7 Å². The van der Waals surface area contributed by atoms with Crippen LogP contribution in [0.2, 0.25) is 0 Å². The van der Waals surface area contributed by atoms with Gasteiger partial charge in [-0.25, -0.2) is 9.97 Å². The second-order valence-electron chi connectivity index (χ2n) is 6.52. The Morgan fingerprint density at radius 3 is 2.96 bits per heavy atom. The molecule has 3 rings (SSSR count). The van der Waals surface area contributed by atoms with Crippen molar-refractivity contribution in [2.45, 2.75) is 32.3 Å². The Morgan fingerprint density at radius 1 is 1.33 bits per heavy atom. The Morgan fingerprint density at radius 2 is 2.19 bits per heavy atom. The van der Waals surface area contributed by atoms with Crippen molar-refractivity contribution in [3.8, 4) is 5.75 Å². The minimum atomic E-state index is -0.212. The molecule has 1 unspecified atom stereocenters. The molecule has 1 aromatic heterocycles. The summed E-state index contributed by atoms with van der Waals surface area (Å²) in [6, 6.07) is 9.47. The molecule has 0 saturated carbocycles. The van der Waals surface area contributed by atoms with E-state index in [0.29, 0.717) is 36.8 Å². The fourth-order valence-corrected chi connectivity index (χ4v) is 3.11. The van der Waals surface area contributed by atoms with Crippen LogP contribution in [-0.2, 0) is 11.2 Å². The number of amides is 1. The lowest BCUT2D eigenvalue weighted by molar-refractivity contribution is 0.0948. The third kappa shape index (κ3) is 5.40. The zero-order valence-corrected chi connectivity index (χ0v) is 15.8. The molecular weight excluding hydrogens is 344 g/mol. The minimum absolute atomic E-state index is 0.207. The maximum Gasteiger partial charge on any atom is 0.270 e. The second-order valence-corrected chi connectivity index (χ2v) is 6.52. The Hall–Kier alpha value is -2.67. The highest BCUT2D eigenvalue weighted by Crippen LogP contribution is 2.17. The van der Waals surface area contributed by atoms with E-state index >= 15 is 0 Å². The van der Waals surface area contributed by atoms with Gasteiger partial charge in [-0.05, 0) is 37.8 Å². The molecule has 2 aromatic rings. The van der Waals surface area contributed by atoms with Gasteiger partial charge in [0.15, 0.2) is 0 Å². The van der Waals surface area contributed by atoms with Crippen molar-refractivity contribution in [3.63, 3.8) is 0 Å². The lowest BCUT2D eigenvalue weighted by Gasteiger charge is -2.13. The number of benzene rings is 1. The lowest BCUT2D eigenvalue weighted by atomic mass is 10.1. The topological polar surface area (TPSA) is 85.4 Å². The van der Waals surface area contributed by atoms with Gasteiger partial charge >= 0.3 is 0 Å². The number of ether oxygens (including phenoxy) is 2. The first-order valence-corrected chi connectivity index (χ1v) is 9.27. The van der Waals surface area contributed by atoms with Crippen molar-refractivity contribution in [1.82, 2.24) is 15.3 Å². The standard InChI is InChI=1S/C20H26N4O3/c1-14-23-17(12-19(24-14)22-13-16-7-5-11-27-16)20(25)21-10-9-15-6-3-4-8-18(15)26-2/h3-4,6,8,12,16H,5,7,9-11,13H2,1-2H3,(H,21,25)(H,22,23,24). The average Bonchev–Trinajstić information content (AvgIpc) is 3.20. The van der Waals surface area contributed by atoms with Crippen LogP contribution in [0.25, 0.3) is 0 Å². The van der Waals surface area contributed by atoms with E-state index in [1.54, 1.807) is 20.1 Å². The molecule has 1 aliphatic rings. The molecule has 144 valence electrons. The molecule has 2 N–H and O–H groups in total. The van der Waals surface area contributed by atoms with E-state index in [2.05, 4.69) is 20.6 Å². The van der Waals surface area contributed by atoms with Gasteiger partial charge in [0.05, 0.1) is 13.2 Å². The highest BCUT2D eigenvalue weighted by molar-refractivity contribution is 5.92. The van der Waals surface area contributed by atoms with Crippen molar-refractivity contribution in [2.75, 3.05) is 32.1 Å². The van der Waals surface area contributed by atoms with Crippen LogP contribution in [-0.4, -0.2) is 48.8 Å². The molecule has 1 aliphatic heterocycles. The number of aryl methyl sites for hydroxylation is 1. The smallest absolute Gasteiger partial charge is 0.270 e. The predicted octanol–water partition coefficient (Wildman–Crippen LogP) is 2.36. The molecule has 1 saturated heterocycles. The van der Waals surface area contributed by atoms with Gasteiger partial charge in [0.2, 0.25) is 0 Å². The normalized spacial score (nSPS) is 16.1. The van der Waals surface area contributed by atoms with E-state index < -0.39 is 0 Å². The molecule has 0 spiro atoms. The van der Waals surface area contributed by atoms with E-state index in [0.717, 1.165) is 30.8 Å². The average molecular weight is 370 g/mol. The van der Waals surface area contributed by atoms with Crippen LogP contribution in [0.15, 0.2) is 30.3 Å². The monoisotopic (exact) mass is 370 g/mol. The number of anilines is 1. The van der Waals surface area contributed by atoms with Crippen molar-refractivity contribution >= 4 is 11.7 Å². The van der Waals surface area contributed by atoms with Crippen molar-refractivity contribution in [3.05, 3.63) is 47.4 Å². The number of hydrogen-bond acceptors (Lipinski definition) is 6. The van der Waals surface area contributed by atoms with Gasteiger partial charge in [0, 0.05) is 25.8 Å². The number of methoxy groups -OCH3 is 1. The first kappa shape index (κ1) is 19.1. The van der Waals surface area contributed by atoms with E-state index in [-0.39, 0.29) is 12.0 Å². The van der Waals surface area contributed by atoms with Crippen LogP contribution in [0.5, 0.6) is 5.75 Å². The maximum atomic E-state index is 12.5. The SMILES string of the molecule is COc1ccccc1CCNC(=O)c1cc(NCC2CCCO2)nc(C)n1. The minimum Gasteiger partial charge on any atom is -0.496 e. The number of hydrogen-bond donors (Lipinski definition) is 2. The van der Waals surface area contributed by atoms with E-state index in [1.807, 2.05) is 24.3 Å². The van der Waals surface area contributed by atoms with Crippen molar-refractivity contribution in [2.24, 2.45) is 0 Å². The molecule has 7 heteroatoms. The molecule has 0 bridgehead atoms. The van der Waals surface area contributed by atoms with Gasteiger partial charge < -0.3 is 20.1 Å². The van der Waals surface area contributed by atoms with Gasteiger partial charge in [0.1, 0.15) is 23.1 Å². The first-order chi connectivity index (χ1) is 13.2. The molecule has 1 aromatic carbocycles. The Labute approximate surface area is 159 Å². The van der Waals surface area contributed by atoms with Gasteiger partial charge in [-0.15, -0.1) is 0 Å². The third-order valence-electron chi connectivity index (χ3n) is 4.48. The summed E-state index contributed by atoms with van der Waals surface area (Å²) in [7, 11) is 1.65. The van der Waals surface area contributed by atoms with E-state index in [1.165, 1.54) is 0 Å². The number of carbonyl (C=O) groups is 1. The number of carbonyl (C=O) groups excluding carboxylic acids is 1. The molecule has 0 aliphatic carbocycles. The highest BCUT2D eigenvalue weighted by Gasteiger charge is 2.16. The first-order valence-electron chi connectivity index (χ1n) is 9.27. The molecule has 1 atom stereocenters. The van der Waals surface area contributed by atoms with Crippen LogP contribution < -0.4 is 15.4 Å². The summed E-state index contributed by atoms with van der Waals surface area (Å²) in [4.78, 5) is 21.1. The van der Waals surface area contributed by atoms with Gasteiger partial charge in [-0.1, -0.05) is 18.2 Å². The summed E-state index contributed by atoms with van der Waals surface area (Å²) in [6.45, 7) is 3.78. The van der Waals surface area contributed by atoms with Crippen molar-refractivity contribution < 1.29 is 14.3 Å². The number of nitrogens with zero attached hydrogens (tertiary/aromatic N) is 2. The molecule has 7 nitrogen and oxygen atoms in total. The predicted molar refractivity (Wildman–Crippen MR) is 103 cm³/mol. The second kappa shape index (κ2) is 9.32. The van der Waals surface area contributed by atoms with Crippen LogP contribution >= 0.6 is 0 Å². The summed E-state index contributed by atoms with van der Waals surface area (Å²) in [5.41, 5.74) is 1.41. The number of aromatic nitrogens is 2. The third-order valence-corrected chi connectivity index (χ3v) is 4.48. The summed E-state index contributed by atoms with van der Waals surface area (Å²) in [5, 5.41) is 6.16. The molecule has 1 amide bonds. The van der Waals surface area contributed by atoms with E-state index in [4.69, 9.17) is 9.47 Å². The van der Waals surface area contributed by atoms with Gasteiger partial charge in [-0.3, -0.25) is 4.79 Å². The van der Waals surface area contributed by atoms with Crippen LogP contribution in [0.4, 0.5) is 5.82 Å². The zero-order valence-electron chi connectivity index (χ0n) is 15.8. The molecule has 2 heterocycles. The molecule has 0 radical (unpaired) electrons. The largest absolute Gasteiger partial charge is 0.496 e. The summed E-state index contributed by atoms with van der Waals surface area (Å²) in [5.74, 6) is 1.82. The number of rotatable bonds is 8. The van der Waals surface area contributed by atoms with E-state index in [9.17, 15) is 4.79 Å². The highest BCUT2D eigenvalue weighted by atomic mass is 16.5. The Balaban J connectivity index is 1.55. The summed E-state index contributed by atoms with van der Waals surface area (Å²) in [6.07, 6.45) is 3.03. The zero-order chi connectivity index (χ0) is 19.1. The van der Waals surface area contributed by atoms with Crippen LogP contribution in [0, 0.1) is 6.92 Å². The fourth-order valence-electron chi connectivity index (χ4n) is 3.11. The lowest BCUT2D eigenvalue weighted by Crippen LogP contribution is -2.27. The van der Waals surface area contributed by atoms with Gasteiger partial charge in [-0.2, -0.15) is 0 Å². The molecule has 1 fully saturated rings. The molecule has 27 heavy (non-hydrogen) atoms. The summed E-state index contributed by atoms with van der Waals surface area (Å²) >= 11 is 0. The Kier molecular flexibility index (Phi) is 6.59. The van der Waals surface area contributed by atoms with Crippen molar-refractivity contribution in [1.29, 1.82) is 0 Å². The number of para-hydroxylation sites is 1. The summed E-state index contributed by atoms with van der Waals surface area (Å²) < 4.78 is 10.9. The molecular formula is C20H26N4O3. The maximum absolute atomic E-state index is 12.5. The van der Waals surface area contributed by atoms with Crippen LogP contribution in [0.3, 0.4) is 0 Å².